The van der Waals surface area contributed by atoms with Crippen LogP contribution in [0, 0.1) is 0 Å². The van der Waals surface area contributed by atoms with Crippen LogP contribution in [0.15, 0.2) is 24.3 Å². The molecule has 3 atom stereocenters. The van der Waals surface area contributed by atoms with Crippen molar-refractivity contribution < 1.29 is 18.3 Å². The lowest BCUT2D eigenvalue weighted by Crippen LogP contribution is -2.54. The third-order valence-corrected chi connectivity index (χ3v) is 4.77. The highest BCUT2D eigenvalue weighted by molar-refractivity contribution is 5.29. The molecule has 6 heteroatoms. The first kappa shape index (κ1) is 15.8. The van der Waals surface area contributed by atoms with Gasteiger partial charge in [-0.05, 0) is 25.0 Å². The number of piperazine rings is 1. The van der Waals surface area contributed by atoms with Gasteiger partial charge in [0, 0.05) is 38.3 Å². The molecule has 0 aliphatic carbocycles. The lowest BCUT2D eigenvalue weighted by Gasteiger charge is -2.42. The van der Waals surface area contributed by atoms with Gasteiger partial charge in [-0.3, -0.25) is 9.80 Å². The SMILES string of the molecule is C[C@H]1CN2C[C@H](O)CC2CN1Cc1ccccc1C(F)(F)F. The van der Waals surface area contributed by atoms with Crippen molar-refractivity contribution in [3.63, 3.8) is 0 Å². The zero-order valence-corrected chi connectivity index (χ0v) is 12.6. The van der Waals surface area contributed by atoms with Crippen LogP contribution in [-0.4, -0.2) is 52.7 Å². The highest BCUT2D eigenvalue weighted by Crippen LogP contribution is 2.33. The van der Waals surface area contributed by atoms with Crippen LogP contribution in [0.2, 0.25) is 0 Å². The molecule has 1 aromatic rings. The number of nitrogens with zero attached hydrogens (tertiary/aromatic N) is 2. The number of hydrogen-bond donors (Lipinski definition) is 1. The molecule has 0 bridgehead atoms. The third kappa shape index (κ3) is 3.14. The first-order chi connectivity index (χ1) is 10.3. The third-order valence-electron chi connectivity index (χ3n) is 4.77. The van der Waals surface area contributed by atoms with E-state index in [4.69, 9.17) is 0 Å². The van der Waals surface area contributed by atoms with Gasteiger partial charge in [0.2, 0.25) is 0 Å². The predicted octanol–water partition coefficient (Wildman–Crippen LogP) is 2.34. The number of halogens is 3. The number of benzene rings is 1. The van der Waals surface area contributed by atoms with Gasteiger partial charge in [-0.25, -0.2) is 0 Å². The average molecular weight is 314 g/mol. The van der Waals surface area contributed by atoms with Gasteiger partial charge < -0.3 is 5.11 Å². The summed E-state index contributed by atoms with van der Waals surface area (Å²) in [7, 11) is 0. The Balaban J connectivity index is 1.76. The van der Waals surface area contributed by atoms with E-state index in [2.05, 4.69) is 9.80 Å². The Morgan fingerprint density at radius 2 is 1.91 bits per heavy atom. The van der Waals surface area contributed by atoms with E-state index >= 15 is 0 Å². The fourth-order valence-electron chi connectivity index (χ4n) is 3.65. The van der Waals surface area contributed by atoms with Gasteiger partial charge in [0.1, 0.15) is 0 Å². The second-order valence-corrected chi connectivity index (χ2v) is 6.43. The molecule has 1 N–H and O–H groups in total. The lowest BCUT2D eigenvalue weighted by molar-refractivity contribution is -0.138. The molecule has 0 amide bonds. The van der Waals surface area contributed by atoms with Gasteiger partial charge >= 0.3 is 6.18 Å². The predicted molar refractivity (Wildman–Crippen MR) is 77.3 cm³/mol. The first-order valence-corrected chi connectivity index (χ1v) is 7.66. The number of hydrogen-bond acceptors (Lipinski definition) is 3. The highest BCUT2D eigenvalue weighted by Gasteiger charge is 2.39. The molecule has 0 saturated carbocycles. The minimum atomic E-state index is -4.31. The minimum absolute atomic E-state index is 0.183. The smallest absolute Gasteiger partial charge is 0.392 e. The van der Waals surface area contributed by atoms with E-state index in [9.17, 15) is 18.3 Å². The van der Waals surface area contributed by atoms with Crippen molar-refractivity contribution >= 4 is 0 Å². The molecule has 22 heavy (non-hydrogen) atoms. The number of aliphatic hydroxyl groups excluding tert-OH is 1. The van der Waals surface area contributed by atoms with Gasteiger partial charge in [-0.15, -0.1) is 0 Å². The lowest BCUT2D eigenvalue weighted by atomic mass is 10.0. The molecule has 2 aliphatic rings. The van der Waals surface area contributed by atoms with Crippen molar-refractivity contribution in [3.05, 3.63) is 35.4 Å². The zero-order chi connectivity index (χ0) is 15.9. The molecule has 2 fully saturated rings. The van der Waals surface area contributed by atoms with Crippen LogP contribution in [-0.2, 0) is 12.7 Å². The van der Waals surface area contributed by atoms with Crippen LogP contribution in [0.5, 0.6) is 0 Å². The van der Waals surface area contributed by atoms with Crippen molar-refractivity contribution in [1.29, 1.82) is 0 Å². The van der Waals surface area contributed by atoms with Crippen molar-refractivity contribution in [2.24, 2.45) is 0 Å². The fourth-order valence-corrected chi connectivity index (χ4v) is 3.65. The van der Waals surface area contributed by atoms with Crippen molar-refractivity contribution in [1.82, 2.24) is 9.80 Å². The van der Waals surface area contributed by atoms with Crippen LogP contribution in [0.25, 0.3) is 0 Å². The molecule has 3 nitrogen and oxygen atoms in total. The normalized spacial score (nSPS) is 30.5. The Kier molecular flexibility index (Phi) is 4.18. The van der Waals surface area contributed by atoms with Gasteiger partial charge in [0.05, 0.1) is 11.7 Å². The molecule has 1 aromatic carbocycles. The molecule has 2 heterocycles. The van der Waals surface area contributed by atoms with Crippen LogP contribution < -0.4 is 0 Å². The van der Waals surface area contributed by atoms with Gasteiger partial charge in [-0.2, -0.15) is 13.2 Å². The van der Waals surface area contributed by atoms with E-state index in [0.29, 0.717) is 31.6 Å². The molecule has 122 valence electrons. The summed E-state index contributed by atoms with van der Waals surface area (Å²) in [6.07, 6.45) is -3.91. The van der Waals surface area contributed by atoms with E-state index in [1.54, 1.807) is 12.1 Å². The molecular weight excluding hydrogens is 293 g/mol. The molecular formula is C16H21F3N2O. The maximum absolute atomic E-state index is 13.1. The Bertz CT molecular complexity index is 534. The van der Waals surface area contributed by atoms with Crippen molar-refractivity contribution in [3.8, 4) is 0 Å². The molecule has 0 aromatic heterocycles. The fraction of sp³-hybridized carbons (Fsp3) is 0.625. The molecule has 1 unspecified atom stereocenters. The van der Waals surface area contributed by atoms with Gasteiger partial charge in [-0.1, -0.05) is 18.2 Å². The van der Waals surface area contributed by atoms with Crippen LogP contribution >= 0.6 is 0 Å². The molecule has 2 aliphatic heterocycles. The van der Waals surface area contributed by atoms with Gasteiger partial charge in [0.15, 0.2) is 0 Å². The van der Waals surface area contributed by atoms with E-state index in [1.807, 2.05) is 6.92 Å². The highest BCUT2D eigenvalue weighted by atomic mass is 19.4. The Morgan fingerprint density at radius 1 is 1.18 bits per heavy atom. The molecule has 0 radical (unpaired) electrons. The standard InChI is InChI=1S/C16H21F3N2O/c1-11-7-21-10-14(22)6-13(21)9-20(11)8-12-4-2-3-5-15(12)16(17,18)19/h2-5,11,13-14,22H,6-10H2,1H3/t11-,13?,14+/m0/s1. The first-order valence-electron chi connectivity index (χ1n) is 7.66. The number of aliphatic hydroxyl groups is 1. The topological polar surface area (TPSA) is 26.7 Å². The summed E-state index contributed by atoms with van der Waals surface area (Å²) in [5.74, 6) is 0. The van der Waals surface area contributed by atoms with E-state index in [0.717, 1.165) is 12.6 Å². The Morgan fingerprint density at radius 3 is 2.64 bits per heavy atom. The van der Waals surface area contributed by atoms with E-state index in [1.165, 1.54) is 6.07 Å². The largest absolute Gasteiger partial charge is 0.416 e. The quantitative estimate of drug-likeness (QED) is 0.908. The number of fused-ring (bicyclic) bond motifs is 1. The van der Waals surface area contributed by atoms with Crippen LogP contribution in [0.4, 0.5) is 13.2 Å². The summed E-state index contributed by atoms with van der Waals surface area (Å²) in [4.78, 5) is 4.35. The summed E-state index contributed by atoms with van der Waals surface area (Å²) in [5, 5.41) is 9.76. The molecule has 2 saturated heterocycles. The minimum Gasteiger partial charge on any atom is -0.392 e. The average Bonchev–Trinajstić information content (AvgIpc) is 2.78. The van der Waals surface area contributed by atoms with E-state index < -0.39 is 11.7 Å². The monoisotopic (exact) mass is 314 g/mol. The summed E-state index contributed by atoms with van der Waals surface area (Å²) >= 11 is 0. The van der Waals surface area contributed by atoms with Crippen molar-refractivity contribution in [2.75, 3.05) is 19.6 Å². The maximum atomic E-state index is 13.1. The second kappa shape index (κ2) is 5.83. The summed E-state index contributed by atoms with van der Waals surface area (Å²) in [5.41, 5.74) is -0.218. The Labute approximate surface area is 128 Å². The van der Waals surface area contributed by atoms with Crippen molar-refractivity contribution in [2.45, 2.75) is 44.3 Å². The number of rotatable bonds is 2. The molecule has 3 rings (SSSR count). The summed E-state index contributed by atoms with van der Waals surface area (Å²) < 4.78 is 39.3. The van der Waals surface area contributed by atoms with Crippen LogP contribution in [0.1, 0.15) is 24.5 Å². The molecule has 0 spiro atoms. The second-order valence-electron chi connectivity index (χ2n) is 6.43. The maximum Gasteiger partial charge on any atom is 0.416 e. The van der Waals surface area contributed by atoms with E-state index in [-0.39, 0.29) is 18.2 Å². The van der Waals surface area contributed by atoms with Crippen LogP contribution in [0.3, 0.4) is 0 Å². The summed E-state index contributed by atoms with van der Waals surface area (Å²) in [6.45, 7) is 4.54. The Hall–Kier alpha value is -1.11. The van der Waals surface area contributed by atoms with Gasteiger partial charge in [0.25, 0.3) is 0 Å². The zero-order valence-electron chi connectivity index (χ0n) is 12.6. The summed E-state index contributed by atoms with van der Waals surface area (Å²) in [6, 6.07) is 6.24. The number of alkyl halides is 3.